The van der Waals surface area contributed by atoms with Gasteiger partial charge < -0.3 is 5.73 Å². The molecule has 0 saturated carbocycles. The fourth-order valence-electron chi connectivity index (χ4n) is 1.81. The first-order chi connectivity index (χ1) is 9.47. The van der Waals surface area contributed by atoms with Crippen LogP contribution >= 0.6 is 11.8 Å². The number of rotatable bonds is 3. The second-order valence-corrected chi connectivity index (χ2v) is 5.34. The molecule has 0 radical (unpaired) electrons. The molecule has 0 saturated heterocycles. The average molecular weight is 301 g/mol. The van der Waals surface area contributed by atoms with Crippen molar-refractivity contribution in [1.29, 1.82) is 0 Å². The Morgan fingerprint density at radius 3 is 2.15 bits per heavy atom. The Hall–Kier alpha value is -1.69. The third kappa shape index (κ3) is 2.47. The van der Waals surface area contributed by atoms with E-state index < -0.39 is 34.5 Å². The molecule has 0 spiro atoms. The first-order valence-corrected chi connectivity index (χ1v) is 6.80. The number of anilines is 1. The van der Waals surface area contributed by atoms with Crippen molar-refractivity contribution >= 4 is 17.4 Å². The molecule has 0 unspecified atom stereocenters. The largest absolute Gasteiger partial charge is 0.394 e. The van der Waals surface area contributed by atoms with Crippen LogP contribution in [-0.4, -0.2) is 5.75 Å². The van der Waals surface area contributed by atoms with E-state index in [1.807, 2.05) is 6.92 Å². The highest BCUT2D eigenvalue weighted by Crippen LogP contribution is 2.34. The van der Waals surface area contributed by atoms with Gasteiger partial charge in [-0.05, 0) is 23.4 Å². The van der Waals surface area contributed by atoms with Gasteiger partial charge in [0.1, 0.15) is 5.69 Å². The van der Waals surface area contributed by atoms with Crippen LogP contribution in [0.15, 0.2) is 29.2 Å². The number of nitrogen functional groups attached to an aromatic ring is 1. The summed E-state index contributed by atoms with van der Waals surface area (Å²) >= 11 is 1.45. The summed E-state index contributed by atoms with van der Waals surface area (Å²) in [7, 11) is 0. The predicted octanol–water partition coefficient (Wildman–Crippen LogP) is 4.60. The fourth-order valence-corrected chi connectivity index (χ4v) is 2.53. The molecular formula is C14H11F4NS. The second-order valence-electron chi connectivity index (χ2n) is 4.01. The van der Waals surface area contributed by atoms with Crippen molar-refractivity contribution < 1.29 is 17.6 Å². The monoisotopic (exact) mass is 301 g/mol. The lowest BCUT2D eigenvalue weighted by atomic mass is 10.0. The van der Waals surface area contributed by atoms with Gasteiger partial charge in [0.25, 0.3) is 0 Å². The quantitative estimate of drug-likeness (QED) is 0.388. The molecule has 0 aliphatic carbocycles. The van der Waals surface area contributed by atoms with Crippen LogP contribution in [0.4, 0.5) is 23.2 Å². The lowest BCUT2D eigenvalue weighted by Gasteiger charge is -2.10. The van der Waals surface area contributed by atoms with Crippen molar-refractivity contribution in [2.75, 3.05) is 11.5 Å². The summed E-state index contributed by atoms with van der Waals surface area (Å²) in [5, 5.41) is 0. The molecule has 0 aliphatic rings. The van der Waals surface area contributed by atoms with Crippen LogP contribution in [0.5, 0.6) is 0 Å². The highest BCUT2D eigenvalue weighted by atomic mass is 32.2. The van der Waals surface area contributed by atoms with Crippen molar-refractivity contribution in [3.8, 4) is 11.1 Å². The Kier molecular flexibility index (Phi) is 4.23. The SMILES string of the molecule is CCSc1cccc(-c2c(F)c(F)c(N)c(F)c2F)c1. The zero-order valence-corrected chi connectivity index (χ0v) is 11.3. The number of nitrogens with two attached hydrogens (primary N) is 1. The van der Waals surface area contributed by atoms with Gasteiger partial charge in [-0.2, -0.15) is 0 Å². The van der Waals surface area contributed by atoms with E-state index in [-0.39, 0.29) is 5.56 Å². The van der Waals surface area contributed by atoms with E-state index in [0.717, 1.165) is 10.6 Å². The van der Waals surface area contributed by atoms with Crippen LogP contribution in [-0.2, 0) is 0 Å². The van der Waals surface area contributed by atoms with Gasteiger partial charge >= 0.3 is 0 Å². The number of thioether (sulfide) groups is 1. The van der Waals surface area contributed by atoms with Crippen molar-refractivity contribution in [2.45, 2.75) is 11.8 Å². The molecule has 0 amide bonds. The summed E-state index contributed by atoms with van der Waals surface area (Å²) in [5.74, 6) is -5.36. The maximum atomic E-state index is 13.8. The Balaban J connectivity index is 2.67. The van der Waals surface area contributed by atoms with Crippen molar-refractivity contribution in [2.24, 2.45) is 0 Å². The molecule has 0 aliphatic heterocycles. The van der Waals surface area contributed by atoms with Crippen LogP contribution in [0, 0.1) is 23.3 Å². The molecule has 2 rings (SSSR count). The third-order valence-electron chi connectivity index (χ3n) is 2.73. The highest BCUT2D eigenvalue weighted by molar-refractivity contribution is 7.99. The van der Waals surface area contributed by atoms with Crippen LogP contribution in [0.25, 0.3) is 11.1 Å². The molecule has 0 heterocycles. The van der Waals surface area contributed by atoms with Crippen molar-refractivity contribution in [3.63, 3.8) is 0 Å². The first kappa shape index (κ1) is 14.7. The summed E-state index contributed by atoms with van der Waals surface area (Å²) in [6.45, 7) is 1.92. The van der Waals surface area contributed by atoms with Crippen LogP contribution < -0.4 is 5.73 Å². The summed E-state index contributed by atoms with van der Waals surface area (Å²) in [6.07, 6.45) is 0. The van der Waals surface area contributed by atoms with Crippen LogP contribution in [0.3, 0.4) is 0 Å². The second kappa shape index (κ2) is 5.75. The van der Waals surface area contributed by atoms with E-state index in [0.29, 0.717) is 0 Å². The van der Waals surface area contributed by atoms with Crippen LogP contribution in [0.2, 0.25) is 0 Å². The molecule has 1 nitrogen and oxygen atoms in total. The smallest absolute Gasteiger partial charge is 0.185 e. The zero-order chi connectivity index (χ0) is 14.9. The maximum Gasteiger partial charge on any atom is 0.185 e. The Morgan fingerprint density at radius 2 is 1.60 bits per heavy atom. The predicted molar refractivity (Wildman–Crippen MR) is 72.5 cm³/mol. The molecule has 6 heteroatoms. The first-order valence-electron chi connectivity index (χ1n) is 5.82. The van der Waals surface area contributed by atoms with E-state index in [1.165, 1.54) is 23.9 Å². The fraction of sp³-hybridized carbons (Fsp3) is 0.143. The molecule has 2 N–H and O–H groups in total. The van der Waals surface area contributed by atoms with Gasteiger partial charge in [-0.1, -0.05) is 19.1 Å². The van der Waals surface area contributed by atoms with E-state index >= 15 is 0 Å². The standard InChI is InChI=1S/C14H11F4NS/c1-2-20-8-5-3-4-7(6-8)9-10(15)12(17)14(19)13(18)11(9)16/h3-6H,2,19H2,1H3. The molecule has 0 atom stereocenters. The average Bonchev–Trinajstić information content (AvgIpc) is 2.44. The summed E-state index contributed by atoms with van der Waals surface area (Å²) < 4.78 is 54.6. The number of hydrogen-bond acceptors (Lipinski definition) is 2. The van der Waals surface area contributed by atoms with Gasteiger partial charge in [0, 0.05) is 4.90 Å². The number of benzene rings is 2. The molecule has 2 aromatic carbocycles. The van der Waals surface area contributed by atoms with Crippen molar-refractivity contribution in [1.82, 2.24) is 0 Å². The minimum absolute atomic E-state index is 0.0660. The maximum absolute atomic E-state index is 13.8. The highest BCUT2D eigenvalue weighted by Gasteiger charge is 2.24. The summed E-state index contributed by atoms with van der Waals surface area (Å²) in [5.41, 5.74) is 3.15. The van der Waals surface area contributed by atoms with E-state index in [2.05, 4.69) is 0 Å². The molecule has 0 bridgehead atoms. The molecule has 0 aromatic heterocycles. The minimum Gasteiger partial charge on any atom is -0.394 e. The minimum atomic E-state index is -1.58. The molecule has 2 aromatic rings. The lowest BCUT2D eigenvalue weighted by Crippen LogP contribution is -2.05. The number of hydrogen-bond donors (Lipinski definition) is 1. The van der Waals surface area contributed by atoms with Crippen molar-refractivity contribution in [3.05, 3.63) is 47.5 Å². The molecule has 0 fully saturated rings. The number of halogens is 4. The van der Waals surface area contributed by atoms with Gasteiger partial charge in [0.15, 0.2) is 23.3 Å². The van der Waals surface area contributed by atoms with E-state index in [9.17, 15) is 17.6 Å². The molecule has 106 valence electrons. The van der Waals surface area contributed by atoms with Crippen LogP contribution in [0.1, 0.15) is 6.92 Å². The van der Waals surface area contributed by atoms with Gasteiger partial charge in [-0.25, -0.2) is 17.6 Å². The third-order valence-corrected chi connectivity index (χ3v) is 3.61. The van der Waals surface area contributed by atoms with E-state index in [4.69, 9.17) is 5.73 Å². The van der Waals surface area contributed by atoms with Gasteiger partial charge in [0.2, 0.25) is 0 Å². The molecule has 20 heavy (non-hydrogen) atoms. The summed E-state index contributed by atoms with van der Waals surface area (Å²) in [4.78, 5) is 0.751. The van der Waals surface area contributed by atoms with Gasteiger partial charge in [-0.15, -0.1) is 11.8 Å². The topological polar surface area (TPSA) is 26.0 Å². The van der Waals surface area contributed by atoms with Gasteiger partial charge in [-0.3, -0.25) is 0 Å². The Morgan fingerprint density at radius 1 is 1.00 bits per heavy atom. The normalized spacial score (nSPS) is 10.8. The summed E-state index contributed by atoms with van der Waals surface area (Å²) in [6, 6.07) is 6.18. The molecular weight excluding hydrogens is 290 g/mol. The lowest BCUT2D eigenvalue weighted by molar-refractivity contribution is 0.464. The Labute approximate surface area is 117 Å². The van der Waals surface area contributed by atoms with E-state index in [1.54, 1.807) is 12.1 Å². The van der Waals surface area contributed by atoms with Gasteiger partial charge in [0.05, 0.1) is 5.56 Å². The zero-order valence-electron chi connectivity index (χ0n) is 10.5. The Bertz CT molecular complexity index is 629.